The minimum absolute atomic E-state index is 0.0144. The molecule has 1 saturated carbocycles. The summed E-state index contributed by atoms with van der Waals surface area (Å²) in [5.41, 5.74) is 0.988. The number of aromatic nitrogens is 1. The number of amides is 1. The molecule has 1 heterocycles. The highest BCUT2D eigenvalue weighted by Crippen LogP contribution is 2.37. The van der Waals surface area contributed by atoms with Gasteiger partial charge in [0, 0.05) is 18.8 Å². The van der Waals surface area contributed by atoms with Crippen LogP contribution in [-0.2, 0) is 0 Å². The summed E-state index contributed by atoms with van der Waals surface area (Å²) in [6.07, 6.45) is 6.02. The summed E-state index contributed by atoms with van der Waals surface area (Å²) >= 11 is 0. The average Bonchev–Trinajstić information content (AvgIpc) is 2.76. The van der Waals surface area contributed by atoms with Gasteiger partial charge in [0.05, 0.1) is 5.56 Å². The molecule has 20 heavy (non-hydrogen) atoms. The van der Waals surface area contributed by atoms with E-state index in [0.29, 0.717) is 16.8 Å². The van der Waals surface area contributed by atoms with Gasteiger partial charge in [-0.1, -0.05) is 20.8 Å². The number of pyridine rings is 1. The van der Waals surface area contributed by atoms with Crippen LogP contribution >= 0.6 is 0 Å². The van der Waals surface area contributed by atoms with E-state index in [9.17, 15) is 4.79 Å². The van der Waals surface area contributed by atoms with Crippen molar-refractivity contribution in [1.82, 2.24) is 10.3 Å². The van der Waals surface area contributed by atoms with Gasteiger partial charge in [0.15, 0.2) is 0 Å². The third kappa shape index (κ3) is 3.71. The average molecular weight is 275 g/mol. The van der Waals surface area contributed by atoms with E-state index < -0.39 is 0 Å². The van der Waals surface area contributed by atoms with Gasteiger partial charge in [-0.2, -0.15) is 0 Å². The molecular weight excluding hydrogens is 250 g/mol. The molecule has 1 aliphatic carbocycles. The standard InChI is InChI=1S/C16H25N3O/c1-4-9-17-14-13(6-5-10-18-14)15(20)19-12-7-8-16(2,3)11-12/h5-6,10,12H,4,7-9,11H2,1-3H3,(H,17,18)(H,19,20). The number of hydrogen-bond donors (Lipinski definition) is 2. The first-order valence-corrected chi connectivity index (χ1v) is 7.51. The van der Waals surface area contributed by atoms with E-state index in [0.717, 1.165) is 25.8 Å². The molecule has 1 aromatic rings. The van der Waals surface area contributed by atoms with Gasteiger partial charge < -0.3 is 10.6 Å². The molecule has 0 aliphatic heterocycles. The fourth-order valence-electron chi connectivity index (χ4n) is 2.80. The Morgan fingerprint density at radius 3 is 2.95 bits per heavy atom. The van der Waals surface area contributed by atoms with E-state index in [1.165, 1.54) is 6.42 Å². The van der Waals surface area contributed by atoms with Crippen LogP contribution in [0.15, 0.2) is 18.3 Å². The summed E-state index contributed by atoms with van der Waals surface area (Å²) < 4.78 is 0. The number of nitrogens with zero attached hydrogens (tertiary/aromatic N) is 1. The van der Waals surface area contributed by atoms with Crippen molar-refractivity contribution in [2.45, 2.75) is 52.5 Å². The van der Waals surface area contributed by atoms with Gasteiger partial charge >= 0.3 is 0 Å². The zero-order valence-electron chi connectivity index (χ0n) is 12.7. The van der Waals surface area contributed by atoms with Crippen LogP contribution in [0.3, 0.4) is 0 Å². The van der Waals surface area contributed by atoms with Crippen LogP contribution in [0, 0.1) is 5.41 Å². The minimum atomic E-state index is -0.0144. The van der Waals surface area contributed by atoms with Crippen molar-refractivity contribution in [3.63, 3.8) is 0 Å². The highest BCUT2D eigenvalue weighted by Gasteiger charge is 2.32. The molecule has 1 aliphatic rings. The fourth-order valence-corrected chi connectivity index (χ4v) is 2.80. The van der Waals surface area contributed by atoms with Crippen molar-refractivity contribution in [1.29, 1.82) is 0 Å². The molecule has 0 spiro atoms. The summed E-state index contributed by atoms with van der Waals surface area (Å²) in [6.45, 7) is 7.44. The number of rotatable bonds is 5. The first-order valence-electron chi connectivity index (χ1n) is 7.51. The zero-order chi connectivity index (χ0) is 14.6. The number of carbonyl (C=O) groups is 1. The van der Waals surface area contributed by atoms with Crippen LogP contribution in [0.25, 0.3) is 0 Å². The summed E-state index contributed by atoms with van der Waals surface area (Å²) in [6, 6.07) is 3.93. The molecular formula is C16H25N3O. The van der Waals surface area contributed by atoms with Crippen molar-refractivity contribution in [2.75, 3.05) is 11.9 Å². The van der Waals surface area contributed by atoms with Crippen LogP contribution in [0.2, 0.25) is 0 Å². The number of carbonyl (C=O) groups excluding carboxylic acids is 1. The second-order valence-corrected chi connectivity index (χ2v) is 6.40. The lowest BCUT2D eigenvalue weighted by Gasteiger charge is -2.18. The Bertz CT molecular complexity index is 471. The highest BCUT2D eigenvalue weighted by atomic mass is 16.1. The maximum Gasteiger partial charge on any atom is 0.255 e. The van der Waals surface area contributed by atoms with E-state index in [1.807, 2.05) is 12.1 Å². The van der Waals surface area contributed by atoms with E-state index in [-0.39, 0.29) is 11.9 Å². The predicted octanol–water partition coefficient (Wildman–Crippen LogP) is 3.21. The lowest BCUT2D eigenvalue weighted by Crippen LogP contribution is -2.34. The Morgan fingerprint density at radius 2 is 2.30 bits per heavy atom. The molecule has 0 aromatic carbocycles. The van der Waals surface area contributed by atoms with Gasteiger partial charge in [-0.05, 0) is 43.2 Å². The normalized spacial score (nSPS) is 20.6. The van der Waals surface area contributed by atoms with Gasteiger partial charge in [-0.25, -0.2) is 4.98 Å². The molecule has 4 heteroatoms. The first-order chi connectivity index (χ1) is 9.52. The predicted molar refractivity (Wildman–Crippen MR) is 81.9 cm³/mol. The molecule has 4 nitrogen and oxygen atoms in total. The Hall–Kier alpha value is -1.58. The third-order valence-corrected chi connectivity index (χ3v) is 3.90. The SMILES string of the molecule is CCCNc1ncccc1C(=O)NC1CCC(C)(C)C1. The van der Waals surface area contributed by atoms with Gasteiger partial charge in [-0.3, -0.25) is 4.79 Å². The molecule has 2 rings (SSSR count). The maximum atomic E-state index is 12.4. The Kier molecular flexibility index (Phi) is 4.63. The molecule has 1 atom stereocenters. The van der Waals surface area contributed by atoms with E-state index >= 15 is 0 Å². The molecule has 1 unspecified atom stereocenters. The van der Waals surface area contributed by atoms with Crippen molar-refractivity contribution in [3.05, 3.63) is 23.9 Å². The highest BCUT2D eigenvalue weighted by molar-refractivity contribution is 5.98. The summed E-state index contributed by atoms with van der Waals surface area (Å²) in [4.78, 5) is 16.7. The lowest BCUT2D eigenvalue weighted by molar-refractivity contribution is 0.0936. The third-order valence-electron chi connectivity index (χ3n) is 3.90. The Morgan fingerprint density at radius 1 is 1.50 bits per heavy atom. The van der Waals surface area contributed by atoms with Crippen molar-refractivity contribution < 1.29 is 4.79 Å². The van der Waals surface area contributed by atoms with Gasteiger partial charge in [0.2, 0.25) is 0 Å². The van der Waals surface area contributed by atoms with Crippen LogP contribution < -0.4 is 10.6 Å². The van der Waals surface area contributed by atoms with E-state index in [1.54, 1.807) is 6.20 Å². The molecule has 0 bridgehead atoms. The van der Waals surface area contributed by atoms with Crippen LogP contribution in [-0.4, -0.2) is 23.5 Å². The lowest BCUT2D eigenvalue weighted by atomic mass is 9.92. The Labute approximate surface area is 121 Å². The monoisotopic (exact) mass is 275 g/mol. The topological polar surface area (TPSA) is 54.0 Å². The van der Waals surface area contributed by atoms with Crippen LogP contribution in [0.4, 0.5) is 5.82 Å². The van der Waals surface area contributed by atoms with Gasteiger partial charge in [0.1, 0.15) is 5.82 Å². The molecule has 2 N–H and O–H groups in total. The van der Waals surface area contributed by atoms with Crippen molar-refractivity contribution in [2.24, 2.45) is 5.41 Å². The quantitative estimate of drug-likeness (QED) is 0.867. The number of nitrogens with one attached hydrogen (secondary N) is 2. The van der Waals surface area contributed by atoms with E-state index in [2.05, 4.69) is 36.4 Å². The summed E-state index contributed by atoms with van der Waals surface area (Å²) in [5, 5.41) is 6.36. The van der Waals surface area contributed by atoms with Gasteiger partial charge in [0.25, 0.3) is 5.91 Å². The number of hydrogen-bond acceptors (Lipinski definition) is 3. The van der Waals surface area contributed by atoms with Gasteiger partial charge in [-0.15, -0.1) is 0 Å². The maximum absolute atomic E-state index is 12.4. The minimum Gasteiger partial charge on any atom is -0.369 e. The molecule has 1 aromatic heterocycles. The van der Waals surface area contributed by atoms with Crippen LogP contribution in [0.5, 0.6) is 0 Å². The second-order valence-electron chi connectivity index (χ2n) is 6.40. The number of anilines is 1. The summed E-state index contributed by atoms with van der Waals surface area (Å²) in [5.74, 6) is 0.670. The molecule has 1 amide bonds. The van der Waals surface area contributed by atoms with Crippen molar-refractivity contribution in [3.8, 4) is 0 Å². The smallest absolute Gasteiger partial charge is 0.255 e. The first kappa shape index (κ1) is 14.8. The summed E-state index contributed by atoms with van der Waals surface area (Å²) in [7, 11) is 0. The Balaban J connectivity index is 2.02. The second kappa shape index (κ2) is 6.25. The van der Waals surface area contributed by atoms with Crippen molar-refractivity contribution >= 4 is 11.7 Å². The molecule has 0 radical (unpaired) electrons. The van der Waals surface area contributed by atoms with Crippen LogP contribution in [0.1, 0.15) is 56.8 Å². The molecule has 110 valence electrons. The largest absolute Gasteiger partial charge is 0.369 e. The zero-order valence-corrected chi connectivity index (χ0v) is 12.7. The fraction of sp³-hybridized carbons (Fsp3) is 0.625. The van der Waals surface area contributed by atoms with E-state index in [4.69, 9.17) is 0 Å². The molecule has 0 saturated heterocycles. The molecule has 1 fully saturated rings.